The first-order chi connectivity index (χ1) is 9.66. The summed E-state index contributed by atoms with van der Waals surface area (Å²) in [5, 5.41) is 5.41. The summed E-state index contributed by atoms with van der Waals surface area (Å²) in [6.07, 6.45) is 1.14. The van der Waals surface area contributed by atoms with Gasteiger partial charge in [0.2, 0.25) is 10.0 Å². The van der Waals surface area contributed by atoms with Crippen molar-refractivity contribution >= 4 is 38.2 Å². The summed E-state index contributed by atoms with van der Waals surface area (Å²) < 4.78 is 25.2. The molecular formula is C14H18ClN3O2S. The first kappa shape index (κ1) is 16.0. The summed E-state index contributed by atoms with van der Waals surface area (Å²) in [4.78, 5) is 4.28. The normalized spacial score (nSPS) is 12.6. The Bertz CT molecular complexity index is 760. The van der Waals surface area contributed by atoms with E-state index in [-0.39, 0.29) is 0 Å². The van der Waals surface area contributed by atoms with E-state index in [2.05, 4.69) is 15.0 Å². The Morgan fingerprint density at radius 3 is 2.62 bits per heavy atom. The molecule has 1 heterocycles. The van der Waals surface area contributed by atoms with E-state index in [1.807, 2.05) is 30.3 Å². The molecule has 1 aromatic carbocycles. The molecular weight excluding hydrogens is 310 g/mol. The predicted molar refractivity (Wildman–Crippen MR) is 87.3 cm³/mol. The zero-order chi connectivity index (χ0) is 15.7. The van der Waals surface area contributed by atoms with Gasteiger partial charge in [0.1, 0.15) is 11.0 Å². The number of hydrogen-bond donors (Lipinski definition) is 2. The number of rotatable bonds is 5. The summed E-state index contributed by atoms with van der Waals surface area (Å²) in [6.45, 7) is 3.98. The van der Waals surface area contributed by atoms with Crippen molar-refractivity contribution in [1.82, 2.24) is 9.71 Å². The number of nitrogens with zero attached hydrogens (tertiary/aromatic N) is 1. The fourth-order valence-corrected chi connectivity index (χ4v) is 3.44. The van der Waals surface area contributed by atoms with Crippen LogP contribution in [0.25, 0.3) is 10.8 Å². The van der Waals surface area contributed by atoms with Crippen LogP contribution in [0.5, 0.6) is 0 Å². The maximum atomic E-state index is 11.3. The molecule has 2 aromatic rings. The molecule has 1 aromatic heterocycles. The number of benzene rings is 1. The van der Waals surface area contributed by atoms with Gasteiger partial charge in [-0.2, -0.15) is 0 Å². The van der Waals surface area contributed by atoms with Crippen molar-refractivity contribution in [2.24, 2.45) is 0 Å². The lowest BCUT2D eigenvalue weighted by Crippen LogP contribution is -2.47. The molecule has 0 atom stereocenters. The van der Waals surface area contributed by atoms with Crippen LogP contribution in [-0.2, 0) is 10.0 Å². The molecule has 0 aliphatic carbocycles. The number of aromatic nitrogens is 1. The van der Waals surface area contributed by atoms with Crippen LogP contribution in [0.4, 0.5) is 5.82 Å². The molecule has 0 amide bonds. The van der Waals surface area contributed by atoms with Crippen molar-refractivity contribution in [3.63, 3.8) is 0 Å². The van der Waals surface area contributed by atoms with Crippen LogP contribution >= 0.6 is 11.6 Å². The third-order valence-corrected chi connectivity index (χ3v) is 4.08. The van der Waals surface area contributed by atoms with Crippen molar-refractivity contribution < 1.29 is 8.42 Å². The van der Waals surface area contributed by atoms with E-state index in [0.717, 1.165) is 17.0 Å². The molecule has 0 bridgehead atoms. The van der Waals surface area contributed by atoms with Crippen LogP contribution in [0.3, 0.4) is 0 Å². The molecule has 114 valence electrons. The van der Waals surface area contributed by atoms with Gasteiger partial charge >= 0.3 is 0 Å². The average molecular weight is 328 g/mol. The van der Waals surface area contributed by atoms with E-state index in [1.165, 1.54) is 0 Å². The monoisotopic (exact) mass is 327 g/mol. The number of sulfonamides is 1. The Balaban J connectivity index is 2.17. The van der Waals surface area contributed by atoms with Crippen LogP contribution in [0, 0.1) is 0 Å². The number of hydrogen-bond acceptors (Lipinski definition) is 4. The minimum atomic E-state index is -3.27. The second-order valence-electron chi connectivity index (χ2n) is 5.63. The van der Waals surface area contributed by atoms with E-state index in [9.17, 15) is 8.42 Å². The van der Waals surface area contributed by atoms with E-state index in [1.54, 1.807) is 13.8 Å². The highest BCUT2D eigenvalue weighted by Gasteiger charge is 2.22. The molecule has 7 heteroatoms. The fraction of sp³-hybridized carbons (Fsp3) is 0.357. The van der Waals surface area contributed by atoms with Crippen LogP contribution in [0.15, 0.2) is 30.3 Å². The second-order valence-corrected chi connectivity index (χ2v) is 7.74. The van der Waals surface area contributed by atoms with Crippen molar-refractivity contribution in [3.05, 3.63) is 35.5 Å². The summed E-state index contributed by atoms with van der Waals surface area (Å²) in [5.41, 5.74) is -0.632. The minimum Gasteiger partial charge on any atom is -0.368 e. The van der Waals surface area contributed by atoms with Gasteiger partial charge in [-0.15, -0.1) is 0 Å². The zero-order valence-corrected chi connectivity index (χ0v) is 13.7. The Hall–Kier alpha value is -1.37. The average Bonchev–Trinajstić information content (AvgIpc) is 2.34. The van der Waals surface area contributed by atoms with Gasteiger partial charge in [0, 0.05) is 17.5 Å². The molecule has 0 saturated carbocycles. The molecule has 0 aliphatic rings. The topological polar surface area (TPSA) is 71.1 Å². The van der Waals surface area contributed by atoms with Gasteiger partial charge in [-0.05, 0) is 25.3 Å². The summed E-state index contributed by atoms with van der Waals surface area (Å²) in [5.74, 6) is 0.613. The largest absolute Gasteiger partial charge is 0.368 e. The fourth-order valence-electron chi connectivity index (χ4n) is 2.10. The summed E-state index contributed by atoms with van der Waals surface area (Å²) in [7, 11) is -3.27. The van der Waals surface area contributed by atoms with Gasteiger partial charge in [0.15, 0.2) is 0 Å². The Kier molecular flexibility index (Phi) is 4.41. The Morgan fingerprint density at radius 2 is 1.95 bits per heavy atom. The molecule has 0 spiro atoms. The van der Waals surface area contributed by atoms with Crippen LogP contribution in [-0.4, -0.2) is 31.7 Å². The molecule has 5 nitrogen and oxygen atoms in total. The number of pyridine rings is 1. The first-order valence-corrected chi connectivity index (χ1v) is 8.71. The van der Waals surface area contributed by atoms with Gasteiger partial charge in [0.05, 0.1) is 6.26 Å². The van der Waals surface area contributed by atoms with Crippen molar-refractivity contribution in [2.75, 3.05) is 18.1 Å². The lowest BCUT2D eigenvalue weighted by molar-refractivity contribution is 0.476. The molecule has 0 saturated heterocycles. The number of halogens is 1. The molecule has 21 heavy (non-hydrogen) atoms. The standard InChI is InChI=1S/C14H18ClN3O2S/c1-14(2,18-21(3,19)20)9-16-12-8-10-6-4-5-7-11(10)13(15)17-12/h4-8,18H,9H2,1-3H3,(H,16,17). The van der Waals surface area contributed by atoms with Crippen LogP contribution in [0.1, 0.15) is 13.8 Å². The third kappa shape index (κ3) is 4.56. The molecule has 2 N–H and O–H groups in total. The minimum absolute atomic E-state index is 0.391. The smallest absolute Gasteiger partial charge is 0.209 e. The Morgan fingerprint density at radius 1 is 1.29 bits per heavy atom. The number of nitrogens with one attached hydrogen (secondary N) is 2. The van der Waals surface area contributed by atoms with Crippen molar-refractivity contribution in [1.29, 1.82) is 0 Å². The molecule has 2 rings (SSSR count). The van der Waals surface area contributed by atoms with E-state index in [0.29, 0.717) is 17.5 Å². The van der Waals surface area contributed by atoms with Gasteiger partial charge < -0.3 is 5.32 Å². The second kappa shape index (κ2) is 5.79. The van der Waals surface area contributed by atoms with Crippen LogP contribution < -0.4 is 10.0 Å². The maximum Gasteiger partial charge on any atom is 0.209 e. The molecule has 0 aliphatic heterocycles. The predicted octanol–water partition coefficient (Wildman–Crippen LogP) is 2.63. The molecule has 0 radical (unpaired) electrons. The van der Waals surface area contributed by atoms with Gasteiger partial charge in [-0.25, -0.2) is 18.1 Å². The van der Waals surface area contributed by atoms with E-state index < -0.39 is 15.6 Å². The highest BCUT2D eigenvalue weighted by Crippen LogP contribution is 2.24. The third-order valence-electron chi connectivity index (χ3n) is 2.87. The lowest BCUT2D eigenvalue weighted by Gasteiger charge is -2.25. The van der Waals surface area contributed by atoms with Gasteiger partial charge in [-0.3, -0.25) is 0 Å². The summed E-state index contributed by atoms with van der Waals surface area (Å²) in [6, 6.07) is 9.58. The molecule has 0 fully saturated rings. The number of anilines is 1. The van der Waals surface area contributed by atoms with Gasteiger partial charge in [-0.1, -0.05) is 35.9 Å². The van der Waals surface area contributed by atoms with E-state index in [4.69, 9.17) is 11.6 Å². The van der Waals surface area contributed by atoms with Crippen molar-refractivity contribution in [3.8, 4) is 0 Å². The summed E-state index contributed by atoms with van der Waals surface area (Å²) >= 11 is 6.16. The maximum absolute atomic E-state index is 11.3. The van der Waals surface area contributed by atoms with E-state index >= 15 is 0 Å². The zero-order valence-electron chi connectivity index (χ0n) is 12.1. The number of fused-ring (bicyclic) bond motifs is 1. The lowest BCUT2D eigenvalue weighted by atomic mass is 10.1. The SMILES string of the molecule is CC(C)(CNc1cc2ccccc2c(Cl)n1)NS(C)(=O)=O. The first-order valence-electron chi connectivity index (χ1n) is 6.44. The Labute approximate surface area is 129 Å². The van der Waals surface area contributed by atoms with Gasteiger partial charge in [0.25, 0.3) is 0 Å². The van der Waals surface area contributed by atoms with Crippen LogP contribution in [0.2, 0.25) is 5.15 Å². The highest BCUT2D eigenvalue weighted by atomic mass is 35.5. The van der Waals surface area contributed by atoms with Crippen molar-refractivity contribution in [2.45, 2.75) is 19.4 Å². The quantitative estimate of drug-likeness (QED) is 0.828. The highest BCUT2D eigenvalue weighted by molar-refractivity contribution is 7.88. The molecule has 0 unspecified atom stereocenters.